The lowest BCUT2D eigenvalue weighted by atomic mass is 9.88. The fourth-order valence-corrected chi connectivity index (χ4v) is 2.69. The van der Waals surface area contributed by atoms with Gasteiger partial charge in [0, 0.05) is 19.3 Å². The molecule has 0 spiro atoms. The Hall–Kier alpha value is -1.39. The summed E-state index contributed by atoms with van der Waals surface area (Å²) >= 11 is 0. The van der Waals surface area contributed by atoms with Crippen molar-refractivity contribution in [1.29, 1.82) is 0 Å². The van der Waals surface area contributed by atoms with Crippen LogP contribution in [-0.2, 0) is 23.9 Å². The Kier molecular flexibility index (Phi) is 4.56. The third-order valence-corrected chi connectivity index (χ3v) is 3.75. The molecule has 0 aromatic carbocycles. The monoisotopic (exact) mass is 268 g/mol. The van der Waals surface area contributed by atoms with Gasteiger partial charge in [0.05, 0.1) is 12.3 Å². The fourth-order valence-electron chi connectivity index (χ4n) is 2.69. The van der Waals surface area contributed by atoms with Crippen molar-refractivity contribution in [3.05, 3.63) is 0 Å². The van der Waals surface area contributed by atoms with E-state index in [-0.39, 0.29) is 48.7 Å². The van der Waals surface area contributed by atoms with E-state index in [1.54, 1.807) is 0 Å². The summed E-state index contributed by atoms with van der Waals surface area (Å²) in [6.07, 6.45) is 3.14. The van der Waals surface area contributed by atoms with Crippen LogP contribution >= 0.6 is 0 Å². The van der Waals surface area contributed by atoms with E-state index < -0.39 is 0 Å². The normalized spacial score (nSPS) is 28.9. The summed E-state index contributed by atoms with van der Waals surface area (Å²) in [6, 6.07) is 0. The van der Waals surface area contributed by atoms with Gasteiger partial charge < -0.3 is 9.47 Å². The van der Waals surface area contributed by atoms with Gasteiger partial charge >= 0.3 is 11.9 Å². The van der Waals surface area contributed by atoms with Crippen LogP contribution in [0, 0.1) is 5.92 Å². The lowest BCUT2D eigenvalue weighted by molar-refractivity contribution is -0.161. The molecule has 0 radical (unpaired) electrons. The lowest BCUT2D eigenvalue weighted by Crippen LogP contribution is -2.33. The van der Waals surface area contributed by atoms with Crippen molar-refractivity contribution in [3.63, 3.8) is 0 Å². The highest BCUT2D eigenvalue weighted by atomic mass is 16.6. The van der Waals surface area contributed by atoms with E-state index in [1.165, 1.54) is 0 Å². The first-order chi connectivity index (χ1) is 9.10. The van der Waals surface area contributed by atoms with Crippen molar-refractivity contribution in [2.24, 2.45) is 5.92 Å². The summed E-state index contributed by atoms with van der Waals surface area (Å²) in [5.74, 6) is -0.445. The van der Waals surface area contributed by atoms with Crippen LogP contribution in [0.2, 0.25) is 0 Å². The molecule has 19 heavy (non-hydrogen) atoms. The first-order valence-corrected chi connectivity index (χ1v) is 7.01. The highest BCUT2D eigenvalue weighted by Gasteiger charge is 2.44. The first-order valence-electron chi connectivity index (χ1n) is 7.01. The molecule has 2 rings (SSSR count). The summed E-state index contributed by atoms with van der Waals surface area (Å²) in [6.45, 7) is 1.93. The van der Waals surface area contributed by atoms with Crippen LogP contribution in [0.3, 0.4) is 0 Å². The van der Waals surface area contributed by atoms with E-state index in [2.05, 4.69) is 0 Å². The second-order valence-corrected chi connectivity index (χ2v) is 5.30. The molecule has 5 heteroatoms. The minimum Gasteiger partial charge on any atom is -0.458 e. The van der Waals surface area contributed by atoms with Gasteiger partial charge in [0.25, 0.3) is 0 Å². The molecule has 5 nitrogen and oxygen atoms in total. The van der Waals surface area contributed by atoms with E-state index in [9.17, 15) is 14.4 Å². The SMILES string of the molecule is CCCC(=O)CCC(=O)OC1CCC2CC1OC2=O. The molecule has 0 aromatic heterocycles. The predicted octanol–water partition coefficient (Wildman–Crippen LogP) is 1.77. The molecule has 1 aliphatic carbocycles. The lowest BCUT2D eigenvalue weighted by Gasteiger charge is -2.25. The molecule has 0 aromatic rings. The van der Waals surface area contributed by atoms with Gasteiger partial charge in [0.2, 0.25) is 0 Å². The molecule has 1 aliphatic heterocycles. The van der Waals surface area contributed by atoms with Crippen molar-refractivity contribution in [1.82, 2.24) is 0 Å². The summed E-state index contributed by atoms with van der Waals surface area (Å²) in [5, 5.41) is 0. The summed E-state index contributed by atoms with van der Waals surface area (Å²) in [4.78, 5) is 34.4. The molecular weight excluding hydrogens is 248 g/mol. The van der Waals surface area contributed by atoms with Crippen LogP contribution in [0.25, 0.3) is 0 Å². The van der Waals surface area contributed by atoms with E-state index >= 15 is 0 Å². The second kappa shape index (κ2) is 6.17. The molecule has 3 unspecified atom stereocenters. The van der Waals surface area contributed by atoms with E-state index in [0.717, 1.165) is 12.8 Å². The topological polar surface area (TPSA) is 69.7 Å². The summed E-state index contributed by atoms with van der Waals surface area (Å²) < 4.78 is 10.5. The number of esters is 2. The average Bonchev–Trinajstić information content (AvgIpc) is 2.67. The van der Waals surface area contributed by atoms with Crippen LogP contribution in [0.15, 0.2) is 0 Å². The number of Topliss-reactive ketones (excluding diaryl/α,β-unsaturated/α-hetero) is 1. The zero-order valence-corrected chi connectivity index (χ0v) is 11.2. The quantitative estimate of drug-likeness (QED) is 0.687. The van der Waals surface area contributed by atoms with Crippen molar-refractivity contribution in [2.75, 3.05) is 0 Å². The molecule has 1 heterocycles. The number of hydrogen-bond donors (Lipinski definition) is 0. The molecular formula is C14H20O5. The number of fused-ring (bicyclic) bond motifs is 2. The van der Waals surface area contributed by atoms with Gasteiger partial charge in [-0.15, -0.1) is 0 Å². The van der Waals surface area contributed by atoms with Crippen LogP contribution in [0.4, 0.5) is 0 Å². The molecule has 2 fully saturated rings. The molecule has 106 valence electrons. The highest BCUT2D eigenvalue weighted by Crippen LogP contribution is 2.35. The van der Waals surface area contributed by atoms with Gasteiger partial charge in [-0.3, -0.25) is 14.4 Å². The Morgan fingerprint density at radius 3 is 2.79 bits per heavy atom. The zero-order valence-electron chi connectivity index (χ0n) is 11.2. The second-order valence-electron chi connectivity index (χ2n) is 5.30. The van der Waals surface area contributed by atoms with Crippen LogP contribution < -0.4 is 0 Å². The molecule has 2 bridgehead atoms. The average molecular weight is 268 g/mol. The Labute approximate surface area is 112 Å². The fraction of sp³-hybridized carbons (Fsp3) is 0.786. The summed E-state index contributed by atoms with van der Waals surface area (Å²) in [7, 11) is 0. The first kappa shape index (κ1) is 14.0. The minimum absolute atomic E-state index is 0.00826. The zero-order chi connectivity index (χ0) is 13.8. The number of hydrogen-bond acceptors (Lipinski definition) is 5. The van der Waals surface area contributed by atoms with Crippen molar-refractivity contribution >= 4 is 17.7 Å². The number of ether oxygens (including phenoxy) is 2. The maximum atomic E-state index is 11.7. The highest BCUT2D eigenvalue weighted by molar-refractivity contribution is 5.83. The van der Waals surface area contributed by atoms with Crippen molar-refractivity contribution in [2.45, 2.75) is 64.1 Å². The van der Waals surface area contributed by atoms with E-state index in [4.69, 9.17) is 9.47 Å². The van der Waals surface area contributed by atoms with Crippen molar-refractivity contribution < 1.29 is 23.9 Å². The van der Waals surface area contributed by atoms with E-state index in [1.807, 2.05) is 6.92 Å². The Morgan fingerprint density at radius 1 is 1.26 bits per heavy atom. The number of carbonyl (C=O) groups is 3. The van der Waals surface area contributed by atoms with Gasteiger partial charge in [-0.1, -0.05) is 6.92 Å². The standard InChI is InChI=1S/C14H20O5/c1-2-3-10(15)5-7-13(16)18-11-6-4-9-8-12(11)19-14(9)17/h9,11-12H,2-8H2,1H3. The van der Waals surface area contributed by atoms with Crippen LogP contribution in [0.5, 0.6) is 0 Å². The summed E-state index contributed by atoms with van der Waals surface area (Å²) in [5.41, 5.74) is 0. The van der Waals surface area contributed by atoms with Crippen LogP contribution in [0.1, 0.15) is 51.9 Å². The Balaban J connectivity index is 1.74. The molecule has 3 atom stereocenters. The van der Waals surface area contributed by atoms with Gasteiger partial charge in [-0.2, -0.15) is 0 Å². The molecule has 2 aliphatic rings. The minimum atomic E-state index is -0.365. The number of ketones is 1. The third kappa shape index (κ3) is 3.55. The van der Waals surface area contributed by atoms with E-state index in [0.29, 0.717) is 19.3 Å². The van der Waals surface area contributed by atoms with Gasteiger partial charge in [0.15, 0.2) is 0 Å². The third-order valence-electron chi connectivity index (χ3n) is 3.75. The maximum absolute atomic E-state index is 11.7. The molecule has 1 saturated heterocycles. The van der Waals surface area contributed by atoms with Crippen molar-refractivity contribution in [3.8, 4) is 0 Å². The van der Waals surface area contributed by atoms with Gasteiger partial charge in [-0.05, 0) is 19.3 Å². The maximum Gasteiger partial charge on any atom is 0.309 e. The largest absolute Gasteiger partial charge is 0.458 e. The predicted molar refractivity (Wildman–Crippen MR) is 66.3 cm³/mol. The molecule has 0 N–H and O–H groups in total. The smallest absolute Gasteiger partial charge is 0.309 e. The Bertz CT molecular complexity index is 376. The number of rotatable bonds is 6. The Morgan fingerprint density at radius 2 is 2.05 bits per heavy atom. The number of carbonyl (C=O) groups excluding carboxylic acids is 3. The molecule has 0 amide bonds. The van der Waals surface area contributed by atoms with Gasteiger partial charge in [-0.25, -0.2) is 0 Å². The molecule has 1 saturated carbocycles. The van der Waals surface area contributed by atoms with Crippen LogP contribution in [-0.4, -0.2) is 29.9 Å². The van der Waals surface area contributed by atoms with Gasteiger partial charge in [0.1, 0.15) is 18.0 Å².